The number of hydrogen-bond donors (Lipinski definition) is 4. The highest BCUT2D eigenvalue weighted by molar-refractivity contribution is 7.86. The lowest BCUT2D eigenvalue weighted by atomic mass is 9.93. The van der Waals surface area contributed by atoms with E-state index < -0.39 is 57.7 Å². The fourth-order valence-corrected chi connectivity index (χ4v) is 5.72. The first kappa shape index (κ1) is 33.4. The van der Waals surface area contributed by atoms with Crippen molar-refractivity contribution < 1.29 is 43.6 Å². The van der Waals surface area contributed by atoms with Crippen molar-refractivity contribution in [3.05, 3.63) is 64.3 Å². The van der Waals surface area contributed by atoms with Crippen LogP contribution in [0, 0.1) is 5.92 Å². The molecule has 0 spiro atoms. The van der Waals surface area contributed by atoms with Gasteiger partial charge in [0.05, 0.1) is 27.7 Å². The maximum atomic E-state index is 11.9. The lowest BCUT2D eigenvalue weighted by Crippen LogP contribution is -2.21. The van der Waals surface area contributed by atoms with E-state index >= 15 is 0 Å². The van der Waals surface area contributed by atoms with E-state index in [2.05, 4.69) is 20.5 Å². The summed E-state index contributed by atoms with van der Waals surface area (Å²) in [7, 11) is -13.9. The van der Waals surface area contributed by atoms with E-state index in [0.717, 1.165) is 29.1 Å². The van der Waals surface area contributed by atoms with Gasteiger partial charge in [-0.25, -0.2) is 0 Å². The Morgan fingerprint density at radius 2 is 1.50 bits per heavy atom. The lowest BCUT2D eigenvalue weighted by Gasteiger charge is -2.23. The number of nitrogens with two attached hydrogens (primary N) is 1. The maximum absolute atomic E-state index is 11.9. The van der Waals surface area contributed by atoms with Crippen LogP contribution in [0.3, 0.4) is 0 Å². The quantitative estimate of drug-likeness (QED) is 0.151. The summed E-state index contributed by atoms with van der Waals surface area (Å²) in [5.74, 6) is -0.444. The summed E-state index contributed by atoms with van der Waals surface area (Å²) in [5.41, 5.74) is 9.19. The monoisotopic (exact) mass is 645 g/mol. The molecule has 0 bridgehead atoms. The molecule has 0 radical (unpaired) electrons. The standard InChI is InChI=1S/C24H31N5O10S3/c1-14-10-20(15(2)9-18(14)25)27-29-22-11-16(3)21(13-23(22)39-7-4-8-40(30,31)32)28-26-19-6-5-17(41(33,34)35)12-24(19)42(36,37)38/h5-6,9,11-12,14,23H,4,7-8,10,13,25H2,1-3H3,(H,30,31,32)(H,33,34,35)(H,36,37,38). The molecule has 0 saturated carbocycles. The zero-order chi connectivity index (χ0) is 31.5. The number of azo groups is 2. The average molecular weight is 646 g/mol. The molecule has 18 heteroatoms. The van der Waals surface area contributed by atoms with Gasteiger partial charge in [0, 0.05) is 24.6 Å². The summed E-state index contributed by atoms with van der Waals surface area (Å²) in [6.45, 7) is 5.43. The highest BCUT2D eigenvalue weighted by atomic mass is 32.2. The molecule has 0 aromatic heterocycles. The van der Waals surface area contributed by atoms with Gasteiger partial charge < -0.3 is 10.5 Å². The molecule has 2 atom stereocenters. The average Bonchev–Trinajstić information content (AvgIpc) is 2.86. The third-order valence-electron chi connectivity index (χ3n) is 6.37. The Morgan fingerprint density at radius 1 is 0.881 bits per heavy atom. The molecule has 42 heavy (non-hydrogen) atoms. The topological polar surface area (TPSA) is 248 Å². The normalized spacial score (nSPS) is 20.9. The predicted molar refractivity (Wildman–Crippen MR) is 150 cm³/mol. The van der Waals surface area contributed by atoms with Gasteiger partial charge in [-0.1, -0.05) is 6.92 Å². The molecule has 2 unspecified atom stereocenters. The summed E-state index contributed by atoms with van der Waals surface area (Å²) in [6, 6.07) is 2.40. The number of nitrogens with zero attached hydrogens (tertiary/aromatic N) is 4. The summed E-state index contributed by atoms with van der Waals surface area (Å²) in [4.78, 5) is -1.66. The summed E-state index contributed by atoms with van der Waals surface area (Å²) in [5, 5.41) is 16.7. The second-order valence-corrected chi connectivity index (χ2v) is 14.1. The summed E-state index contributed by atoms with van der Waals surface area (Å²) < 4.78 is 102. The van der Waals surface area contributed by atoms with Crippen LogP contribution < -0.4 is 5.73 Å². The molecule has 5 N–H and O–H groups in total. The van der Waals surface area contributed by atoms with Crippen LogP contribution in [0.25, 0.3) is 0 Å². The predicted octanol–water partition coefficient (Wildman–Crippen LogP) is 4.10. The number of hydrogen-bond acceptors (Lipinski definition) is 12. The minimum atomic E-state index is -4.95. The van der Waals surface area contributed by atoms with Crippen LogP contribution >= 0.6 is 0 Å². The SMILES string of the molecule is CC1=C(N=NC2=CC(C)=C(N=Nc3ccc(S(=O)(=O)O)cc3S(=O)(=O)O)CC2OCCCS(=O)(=O)O)CC(C)C(N)=C1. The lowest BCUT2D eigenvalue weighted by molar-refractivity contribution is 0.0753. The summed E-state index contributed by atoms with van der Waals surface area (Å²) in [6.07, 6.45) is 3.28. The van der Waals surface area contributed by atoms with Gasteiger partial charge in [-0.15, -0.1) is 5.11 Å². The molecule has 230 valence electrons. The highest BCUT2D eigenvalue weighted by Gasteiger charge is 2.25. The summed E-state index contributed by atoms with van der Waals surface area (Å²) >= 11 is 0. The number of rotatable bonds is 11. The van der Waals surface area contributed by atoms with Gasteiger partial charge in [0.15, 0.2) is 0 Å². The largest absolute Gasteiger partial charge is 0.402 e. The molecule has 0 heterocycles. The molecule has 2 aliphatic rings. The fourth-order valence-electron chi connectivity index (χ4n) is 4.00. The van der Waals surface area contributed by atoms with Crippen LogP contribution in [0.2, 0.25) is 0 Å². The molecular weight excluding hydrogens is 614 g/mol. The van der Waals surface area contributed by atoms with Crippen molar-refractivity contribution in [3.63, 3.8) is 0 Å². The van der Waals surface area contributed by atoms with Gasteiger partial charge in [-0.2, -0.15) is 40.6 Å². The van der Waals surface area contributed by atoms with Crippen molar-refractivity contribution in [1.29, 1.82) is 0 Å². The van der Waals surface area contributed by atoms with Crippen molar-refractivity contribution >= 4 is 36.0 Å². The Kier molecular flexibility index (Phi) is 10.3. The van der Waals surface area contributed by atoms with E-state index in [1.165, 1.54) is 0 Å². The molecule has 0 saturated heterocycles. The third kappa shape index (κ3) is 9.18. The smallest absolute Gasteiger partial charge is 0.296 e. The molecule has 0 amide bonds. The molecule has 1 aromatic carbocycles. The fraction of sp³-hybridized carbons (Fsp3) is 0.417. The van der Waals surface area contributed by atoms with Crippen molar-refractivity contribution in [1.82, 2.24) is 0 Å². The maximum Gasteiger partial charge on any atom is 0.296 e. The Balaban J connectivity index is 1.96. The number of allylic oxidation sites excluding steroid dienone is 6. The van der Waals surface area contributed by atoms with Gasteiger partial charge >= 0.3 is 0 Å². The first-order valence-electron chi connectivity index (χ1n) is 12.4. The molecule has 2 aliphatic carbocycles. The first-order valence-corrected chi connectivity index (χ1v) is 16.9. The molecule has 1 aromatic rings. The van der Waals surface area contributed by atoms with Gasteiger partial charge in [0.25, 0.3) is 30.4 Å². The first-order chi connectivity index (χ1) is 19.3. The highest BCUT2D eigenvalue weighted by Crippen LogP contribution is 2.33. The van der Waals surface area contributed by atoms with E-state index in [4.69, 9.17) is 15.0 Å². The van der Waals surface area contributed by atoms with Crippen molar-refractivity contribution in [3.8, 4) is 0 Å². The van der Waals surface area contributed by atoms with Crippen LogP contribution in [0.4, 0.5) is 5.69 Å². The molecule has 3 rings (SSSR count). The Hall–Kier alpha value is -3.13. The van der Waals surface area contributed by atoms with E-state index in [1.54, 1.807) is 13.0 Å². The van der Waals surface area contributed by atoms with Gasteiger partial charge in [0.1, 0.15) is 16.7 Å². The molecule has 0 fully saturated rings. The minimum absolute atomic E-state index is 0.0109. The van der Waals surface area contributed by atoms with Gasteiger partial charge in [-0.3, -0.25) is 13.7 Å². The molecule has 0 aliphatic heterocycles. The third-order valence-corrected chi connectivity index (χ3v) is 8.91. The van der Waals surface area contributed by atoms with Crippen LogP contribution in [0.5, 0.6) is 0 Å². The zero-order valence-corrected chi connectivity index (χ0v) is 25.3. The van der Waals surface area contributed by atoms with E-state index in [0.29, 0.717) is 29.5 Å². The van der Waals surface area contributed by atoms with Crippen LogP contribution in [-0.2, 0) is 35.1 Å². The van der Waals surface area contributed by atoms with Gasteiger partial charge in [0.2, 0.25) is 0 Å². The van der Waals surface area contributed by atoms with Crippen LogP contribution in [0.1, 0.15) is 40.0 Å². The van der Waals surface area contributed by atoms with Crippen LogP contribution in [0.15, 0.2) is 94.5 Å². The number of benzene rings is 1. The second-order valence-electron chi connectivity index (χ2n) is 9.76. The minimum Gasteiger partial charge on any atom is -0.402 e. The molecule has 15 nitrogen and oxygen atoms in total. The van der Waals surface area contributed by atoms with E-state index in [-0.39, 0.29) is 25.4 Å². The van der Waals surface area contributed by atoms with Crippen molar-refractivity contribution in [2.75, 3.05) is 12.4 Å². The van der Waals surface area contributed by atoms with Gasteiger partial charge in [-0.05, 0) is 68.2 Å². The van der Waals surface area contributed by atoms with E-state index in [1.807, 2.05) is 19.9 Å². The van der Waals surface area contributed by atoms with E-state index in [9.17, 15) is 34.4 Å². The Labute approximate surface area is 243 Å². The Morgan fingerprint density at radius 3 is 2.12 bits per heavy atom. The van der Waals surface area contributed by atoms with Crippen molar-refractivity contribution in [2.45, 2.75) is 55.9 Å². The van der Waals surface area contributed by atoms with Crippen molar-refractivity contribution in [2.24, 2.45) is 32.1 Å². The second kappa shape index (κ2) is 13.0. The zero-order valence-electron chi connectivity index (χ0n) is 22.9. The number of ether oxygens (including phenoxy) is 1. The molecular formula is C24H31N5O10S3. The van der Waals surface area contributed by atoms with Crippen LogP contribution in [-0.4, -0.2) is 57.4 Å². The Bertz CT molecular complexity index is 1760.